The fourth-order valence-electron chi connectivity index (χ4n) is 3.97. The van der Waals surface area contributed by atoms with E-state index in [0.29, 0.717) is 12.1 Å². The van der Waals surface area contributed by atoms with Gasteiger partial charge in [0.05, 0.1) is 12.1 Å². The minimum atomic E-state index is 0.507. The molecule has 0 amide bonds. The van der Waals surface area contributed by atoms with Crippen molar-refractivity contribution in [2.24, 2.45) is 0 Å². The van der Waals surface area contributed by atoms with Crippen molar-refractivity contribution in [3.63, 3.8) is 0 Å². The Morgan fingerprint density at radius 1 is 0.682 bits per heavy atom. The van der Waals surface area contributed by atoms with Crippen LogP contribution in [0, 0.1) is 0 Å². The molecular weight excluding hydrogens is 286 g/mol. The van der Waals surface area contributed by atoms with Gasteiger partial charge in [0.2, 0.25) is 0 Å². The number of fused-ring (bicyclic) bond motifs is 9. The van der Waals surface area contributed by atoms with Crippen LogP contribution in [-0.2, 0) is 0 Å². The Hall–Kier alpha value is -2.16. The first-order valence-corrected chi connectivity index (χ1v) is 8.52. The molecule has 104 valence electrons. The molecule has 2 aliphatic rings. The van der Waals surface area contributed by atoms with Gasteiger partial charge in [-0.3, -0.25) is 5.32 Å². The molecule has 1 N–H and O–H groups in total. The molecule has 6 rings (SSSR count). The molecule has 2 heteroatoms. The van der Waals surface area contributed by atoms with Gasteiger partial charge in [0, 0.05) is 20.2 Å². The molecule has 1 aromatic heterocycles. The minimum absolute atomic E-state index is 0.507. The maximum atomic E-state index is 3.65. The van der Waals surface area contributed by atoms with Gasteiger partial charge in [-0.25, -0.2) is 0 Å². The van der Waals surface area contributed by atoms with Gasteiger partial charge in [-0.2, -0.15) is 0 Å². The zero-order valence-electron chi connectivity index (χ0n) is 11.8. The Labute approximate surface area is 132 Å². The van der Waals surface area contributed by atoms with E-state index in [4.69, 9.17) is 0 Å². The highest BCUT2D eigenvalue weighted by atomic mass is 32.1. The number of benzene rings is 3. The normalized spacial score (nSPS) is 21.5. The second-order valence-electron chi connectivity index (χ2n) is 6.24. The lowest BCUT2D eigenvalue weighted by Crippen LogP contribution is -1.98. The summed E-state index contributed by atoms with van der Waals surface area (Å²) < 4.78 is 2.78. The van der Waals surface area contributed by atoms with Gasteiger partial charge < -0.3 is 0 Å². The van der Waals surface area contributed by atoms with Crippen molar-refractivity contribution in [2.75, 3.05) is 0 Å². The molecule has 4 aromatic rings. The summed E-state index contributed by atoms with van der Waals surface area (Å²) in [6.07, 6.45) is 0. The van der Waals surface area contributed by atoms with E-state index in [2.05, 4.69) is 66.0 Å². The predicted octanol–water partition coefficient (Wildman–Crippen LogP) is 5.42. The lowest BCUT2D eigenvalue weighted by atomic mass is 9.85. The number of rotatable bonds is 0. The molecule has 2 atom stereocenters. The van der Waals surface area contributed by atoms with Crippen LogP contribution in [0.15, 0.2) is 60.7 Å². The van der Waals surface area contributed by atoms with E-state index in [-0.39, 0.29) is 0 Å². The van der Waals surface area contributed by atoms with Crippen LogP contribution >= 0.6 is 11.3 Å². The highest BCUT2D eigenvalue weighted by Crippen LogP contribution is 2.54. The van der Waals surface area contributed by atoms with E-state index in [1.54, 1.807) is 0 Å². The Morgan fingerprint density at radius 3 is 2.50 bits per heavy atom. The van der Waals surface area contributed by atoms with Crippen molar-refractivity contribution >= 4 is 31.5 Å². The van der Waals surface area contributed by atoms with Crippen molar-refractivity contribution in [3.8, 4) is 11.1 Å². The summed E-state index contributed by atoms with van der Waals surface area (Å²) in [5.74, 6) is 0. The lowest BCUT2D eigenvalue weighted by Gasteiger charge is -2.17. The molecule has 2 unspecified atom stereocenters. The first-order valence-electron chi connectivity index (χ1n) is 7.71. The van der Waals surface area contributed by atoms with Gasteiger partial charge in [-0.05, 0) is 40.5 Å². The Balaban J connectivity index is 1.76. The third kappa shape index (κ3) is 1.32. The van der Waals surface area contributed by atoms with Gasteiger partial charge in [0.25, 0.3) is 0 Å². The summed E-state index contributed by atoms with van der Waals surface area (Å²) in [6.45, 7) is 0. The number of hydrogen-bond donors (Lipinski definition) is 1. The molecule has 0 bridgehead atoms. The van der Waals surface area contributed by atoms with Crippen molar-refractivity contribution in [1.29, 1.82) is 0 Å². The largest absolute Gasteiger partial charge is 0.300 e. The molecule has 0 spiro atoms. The average Bonchev–Trinajstić information content (AvgIpc) is 3.29. The number of nitrogens with one attached hydrogen (secondary N) is 1. The molecule has 1 fully saturated rings. The first-order chi connectivity index (χ1) is 10.9. The van der Waals surface area contributed by atoms with Crippen LogP contribution in [0.4, 0.5) is 0 Å². The van der Waals surface area contributed by atoms with Crippen molar-refractivity contribution in [1.82, 2.24) is 5.32 Å². The van der Waals surface area contributed by atoms with E-state index in [1.165, 1.54) is 42.4 Å². The van der Waals surface area contributed by atoms with Crippen molar-refractivity contribution < 1.29 is 0 Å². The van der Waals surface area contributed by atoms with Gasteiger partial charge in [0.15, 0.2) is 0 Å². The molecule has 3 aromatic carbocycles. The number of thiophene rings is 1. The summed E-state index contributed by atoms with van der Waals surface area (Å²) in [5, 5.41) is 6.45. The summed E-state index contributed by atoms with van der Waals surface area (Å²) in [6, 6.07) is 23.4. The highest BCUT2D eigenvalue weighted by molar-refractivity contribution is 7.25. The minimum Gasteiger partial charge on any atom is -0.300 e. The van der Waals surface area contributed by atoms with Crippen LogP contribution in [0.2, 0.25) is 0 Å². The van der Waals surface area contributed by atoms with E-state index in [1.807, 2.05) is 11.3 Å². The third-order valence-corrected chi connectivity index (χ3v) is 6.19. The second kappa shape index (κ2) is 3.78. The highest BCUT2D eigenvalue weighted by Gasteiger charge is 2.44. The van der Waals surface area contributed by atoms with Crippen LogP contribution < -0.4 is 5.32 Å². The van der Waals surface area contributed by atoms with Crippen molar-refractivity contribution in [2.45, 2.75) is 12.1 Å². The van der Waals surface area contributed by atoms with Crippen LogP contribution in [-0.4, -0.2) is 0 Å². The number of hydrogen-bond acceptors (Lipinski definition) is 2. The fourth-order valence-corrected chi connectivity index (χ4v) is 5.10. The van der Waals surface area contributed by atoms with Crippen LogP contribution in [0.5, 0.6) is 0 Å². The zero-order chi connectivity index (χ0) is 14.3. The van der Waals surface area contributed by atoms with Gasteiger partial charge in [-0.15, -0.1) is 11.3 Å². The molecule has 1 nitrogen and oxygen atoms in total. The molecule has 2 heterocycles. The zero-order valence-corrected chi connectivity index (χ0v) is 12.7. The van der Waals surface area contributed by atoms with Gasteiger partial charge in [0.1, 0.15) is 0 Å². The van der Waals surface area contributed by atoms with Crippen LogP contribution in [0.25, 0.3) is 31.3 Å². The lowest BCUT2D eigenvalue weighted by molar-refractivity contribution is 1.01. The van der Waals surface area contributed by atoms with E-state index in [0.717, 1.165) is 0 Å². The van der Waals surface area contributed by atoms with E-state index >= 15 is 0 Å². The van der Waals surface area contributed by atoms with Crippen LogP contribution in [0.1, 0.15) is 23.2 Å². The monoisotopic (exact) mass is 299 g/mol. The molecule has 0 saturated carbocycles. The maximum absolute atomic E-state index is 3.65. The van der Waals surface area contributed by atoms with Gasteiger partial charge in [-0.1, -0.05) is 42.5 Å². The first kappa shape index (κ1) is 11.4. The van der Waals surface area contributed by atoms with E-state index < -0.39 is 0 Å². The molecule has 22 heavy (non-hydrogen) atoms. The smallest absolute Gasteiger partial charge is 0.0530 e. The fraction of sp³-hybridized carbons (Fsp3) is 0.100. The topological polar surface area (TPSA) is 21.9 Å². The molecule has 1 aliphatic carbocycles. The third-order valence-electron chi connectivity index (χ3n) is 5.05. The summed E-state index contributed by atoms with van der Waals surface area (Å²) in [5.41, 5.74) is 5.75. The Kier molecular flexibility index (Phi) is 1.96. The van der Waals surface area contributed by atoms with E-state index in [9.17, 15) is 0 Å². The van der Waals surface area contributed by atoms with Gasteiger partial charge >= 0.3 is 0 Å². The molecule has 1 aliphatic heterocycles. The predicted molar refractivity (Wildman–Crippen MR) is 93.4 cm³/mol. The summed E-state index contributed by atoms with van der Waals surface area (Å²) >= 11 is 1.90. The van der Waals surface area contributed by atoms with Crippen LogP contribution in [0.3, 0.4) is 0 Å². The van der Waals surface area contributed by atoms with Crippen molar-refractivity contribution in [3.05, 3.63) is 71.8 Å². The second-order valence-corrected chi connectivity index (χ2v) is 7.33. The molecule has 0 radical (unpaired) electrons. The Morgan fingerprint density at radius 2 is 1.50 bits per heavy atom. The maximum Gasteiger partial charge on any atom is 0.0530 e. The molecular formula is C20H13NS. The Bertz CT molecular complexity index is 1080. The standard InChI is InChI=1S/C20H13NS/c1-2-7-13-11(5-1)14-10-18-15(9-16(14)20-19(13)21-20)12-6-3-4-8-17(12)22-18/h1-10,19-21H. The summed E-state index contributed by atoms with van der Waals surface area (Å²) in [4.78, 5) is 0. The molecule has 1 saturated heterocycles. The SMILES string of the molecule is c1ccc2c(c1)-c1cc3sc4ccccc4c3cc1C1NC21. The summed E-state index contributed by atoms with van der Waals surface area (Å²) in [7, 11) is 0. The average molecular weight is 299 g/mol. The quantitative estimate of drug-likeness (QED) is 0.430.